The summed E-state index contributed by atoms with van der Waals surface area (Å²) in [4.78, 5) is 35.1. The van der Waals surface area contributed by atoms with E-state index < -0.39 is 10.8 Å². The fourth-order valence-electron chi connectivity index (χ4n) is 2.59. The van der Waals surface area contributed by atoms with Crippen LogP contribution in [0.15, 0.2) is 73.6 Å². The molecule has 4 rings (SSSR count). The standard InChI is InChI=1S/C19H13N7O4/c27-18(13-2-7-16(17(10-13)26(28)29)25-12-20-11-23-25)24-14-3-5-15(6-4-14)30-19-21-8-1-9-22-19/h1-12H,(H,24,27). The average Bonchev–Trinajstić information content (AvgIpc) is 3.30. The molecule has 0 radical (unpaired) electrons. The van der Waals surface area contributed by atoms with Gasteiger partial charge in [-0.05, 0) is 42.5 Å². The summed E-state index contributed by atoms with van der Waals surface area (Å²) in [5.74, 6) is -0.00433. The van der Waals surface area contributed by atoms with Gasteiger partial charge < -0.3 is 10.1 Å². The Labute approximate surface area is 169 Å². The minimum Gasteiger partial charge on any atom is -0.424 e. The van der Waals surface area contributed by atoms with Gasteiger partial charge in [0, 0.05) is 29.7 Å². The van der Waals surface area contributed by atoms with Crippen molar-refractivity contribution in [3.63, 3.8) is 0 Å². The third kappa shape index (κ3) is 4.09. The third-order valence-corrected chi connectivity index (χ3v) is 3.96. The van der Waals surface area contributed by atoms with Crippen LogP contribution < -0.4 is 10.1 Å². The van der Waals surface area contributed by atoms with E-state index >= 15 is 0 Å². The molecule has 0 unspecified atom stereocenters. The topological polar surface area (TPSA) is 138 Å². The van der Waals surface area contributed by atoms with Crippen molar-refractivity contribution in [1.82, 2.24) is 24.7 Å². The first kappa shape index (κ1) is 18.7. The number of carbonyl (C=O) groups is 1. The summed E-state index contributed by atoms with van der Waals surface area (Å²) in [7, 11) is 0. The molecule has 11 heteroatoms. The highest BCUT2D eigenvalue weighted by Crippen LogP contribution is 2.25. The molecule has 11 nitrogen and oxygen atoms in total. The van der Waals surface area contributed by atoms with Crippen LogP contribution in [-0.4, -0.2) is 35.6 Å². The summed E-state index contributed by atoms with van der Waals surface area (Å²) in [6.45, 7) is 0. The van der Waals surface area contributed by atoms with E-state index in [4.69, 9.17) is 4.74 Å². The highest BCUT2D eigenvalue weighted by molar-refractivity contribution is 6.04. The molecule has 2 heterocycles. The van der Waals surface area contributed by atoms with Crippen LogP contribution in [0.1, 0.15) is 10.4 Å². The summed E-state index contributed by atoms with van der Waals surface area (Å²) in [5.41, 5.74) is 0.561. The zero-order valence-electron chi connectivity index (χ0n) is 15.2. The van der Waals surface area contributed by atoms with Gasteiger partial charge in [-0.2, -0.15) is 5.10 Å². The number of aromatic nitrogens is 5. The van der Waals surface area contributed by atoms with E-state index in [1.807, 2.05) is 0 Å². The molecule has 0 spiro atoms. The lowest BCUT2D eigenvalue weighted by molar-refractivity contribution is -0.384. The average molecular weight is 403 g/mol. The Morgan fingerprint density at radius 3 is 2.53 bits per heavy atom. The summed E-state index contributed by atoms with van der Waals surface area (Å²) >= 11 is 0. The van der Waals surface area contributed by atoms with Crippen molar-refractivity contribution in [3.8, 4) is 17.4 Å². The third-order valence-electron chi connectivity index (χ3n) is 3.96. The first-order valence-electron chi connectivity index (χ1n) is 8.60. The Morgan fingerprint density at radius 1 is 1.10 bits per heavy atom. The Hall–Kier alpha value is -4.67. The molecule has 0 aliphatic rings. The lowest BCUT2D eigenvalue weighted by Crippen LogP contribution is -2.13. The number of amides is 1. The number of anilines is 1. The van der Waals surface area contributed by atoms with E-state index in [1.54, 1.807) is 42.7 Å². The first-order valence-corrected chi connectivity index (χ1v) is 8.60. The van der Waals surface area contributed by atoms with Crippen LogP contribution in [0.4, 0.5) is 11.4 Å². The maximum atomic E-state index is 12.5. The van der Waals surface area contributed by atoms with E-state index in [0.717, 1.165) is 0 Å². The van der Waals surface area contributed by atoms with Crippen molar-refractivity contribution < 1.29 is 14.5 Å². The van der Waals surface area contributed by atoms with Gasteiger partial charge in [0.1, 0.15) is 24.1 Å². The maximum Gasteiger partial charge on any atom is 0.321 e. The lowest BCUT2D eigenvalue weighted by Gasteiger charge is -2.08. The van der Waals surface area contributed by atoms with Crippen LogP contribution >= 0.6 is 0 Å². The molecule has 0 fully saturated rings. The predicted molar refractivity (Wildman–Crippen MR) is 105 cm³/mol. The number of nitrogens with zero attached hydrogens (tertiary/aromatic N) is 6. The van der Waals surface area contributed by atoms with Crippen molar-refractivity contribution in [1.29, 1.82) is 0 Å². The van der Waals surface area contributed by atoms with Crippen molar-refractivity contribution >= 4 is 17.3 Å². The smallest absolute Gasteiger partial charge is 0.321 e. The molecule has 0 saturated carbocycles. The van der Waals surface area contributed by atoms with Gasteiger partial charge >= 0.3 is 6.01 Å². The van der Waals surface area contributed by atoms with Crippen LogP contribution in [0, 0.1) is 10.1 Å². The summed E-state index contributed by atoms with van der Waals surface area (Å²) < 4.78 is 6.75. The van der Waals surface area contributed by atoms with Crippen LogP contribution in [0.3, 0.4) is 0 Å². The second-order valence-electron chi connectivity index (χ2n) is 5.91. The number of hydrogen-bond donors (Lipinski definition) is 1. The largest absolute Gasteiger partial charge is 0.424 e. The SMILES string of the molecule is O=C(Nc1ccc(Oc2ncccn2)cc1)c1ccc(-n2cncn2)c([N+](=O)[O-])c1. The number of carbonyl (C=O) groups excluding carboxylic acids is 1. The van der Waals surface area contributed by atoms with E-state index in [2.05, 4.69) is 25.4 Å². The van der Waals surface area contributed by atoms with E-state index in [0.29, 0.717) is 11.4 Å². The lowest BCUT2D eigenvalue weighted by atomic mass is 10.1. The molecule has 148 valence electrons. The molecular formula is C19H13N7O4. The molecule has 0 aliphatic heterocycles. The zero-order valence-corrected chi connectivity index (χ0v) is 15.2. The minimum atomic E-state index is -0.578. The van der Waals surface area contributed by atoms with Crippen molar-refractivity contribution in [2.24, 2.45) is 0 Å². The van der Waals surface area contributed by atoms with Gasteiger partial charge in [0.25, 0.3) is 11.6 Å². The number of nitrogens with one attached hydrogen (secondary N) is 1. The summed E-state index contributed by atoms with van der Waals surface area (Å²) in [6.07, 6.45) is 5.72. The Morgan fingerprint density at radius 2 is 1.87 bits per heavy atom. The quantitative estimate of drug-likeness (QED) is 0.383. The molecule has 2 aromatic carbocycles. The fourth-order valence-corrected chi connectivity index (χ4v) is 2.59. The number of ether oxygens (including phenoxy) is 1. The highest BCUT2D eigenvalue weighted by atomic mass is 16.6. The van der Waals surface area contributed by atoms with Crippen molar-refractivity contribution in [3.05, 3.63) is 89.3 Å². The van der Waals surface area contributed by atoms with Crippen LogP contribution in [-0.2, 0) is 0 Å². The molecule has 30 heavy (non-hydrogen) atoms. The molecule has 4 aromatic rings. The number of nitro groups is 1. The second-order valence-corrected chi connectivity index (χ2v) is 5.91. The molecule has 0 atom stereocenters. The van der Waals surface area contributed by atoms with Crippen LogP contribution in [0.2, 0.25) is 0 Å². The molecule has 0 aliphatic carbocycles. The first-order chi connectivity index (χ1) is 14.6. The number of benzene rings is 2. The van der Waals surface area contributed by atoms with Gasteiger partial charge in [-0.3, -0.25) is 14.9 Å². The summed E-state index contributed by atoms with van der Waals surface area (Å²) in [6, 6.07) is 12.5. The van der Waals surface area contributed by atoms with E-state index in [9.17, 15) is 14.9 Å². The fraction of sp³-hybridized carbons (Fsp3) is 0. The van der Waals surface area contributed by atoms with Gasteiger partial charge in [-0.25, -0.2) is 19.6 Å². The number of hydrogen-bond acceptors (Lipinski definition) is 8. The van der Waals surface area contributed by atoms with Crippen LogP contribution in [0.25, 0.3) is 5.69 Å². The Balaban J connectivity index is 1.49. The van der Waals surface area contributed by atoms with Gasteiger partial charge in [-0.1, -0.05) is 0 Å². The second kappa shape index (κ2) is 8.14. The van der Waals surface area contributed by atoms with Crippen LogP contribution in [0.5, 0.6) is 11.8 Å². The zero-order chi connectivity index (χ0) is 20.9. The number of nitro benzene ring substituents is 1. The van der Waals surface area contributed by atoms with Gasteiger partial charge in [0.2, 0.25) is 0 Å². The highest BCUT2D eigenvalue weighted by Gasteiger charge is 2.19. The normalized spacial score (nSPS) is 10.4. The molecule has 1 amide bonds. The van der Waals surface area contributed by atoms with Gasteiger partial charge in [0.15, 0.2) is 0 Å². The predicted octanol–water partition coefficient (Wildman–Crippen LogP) is 3.01. The maximum absolute atomic E-state index is 12.5. The molecule has 1 N–H and O–H groups in total. The molecule has 0 saturated heterocycles. The Kier molecular flexibility index (Phi) is 5.07. The Bertz CT molecular complexity index is 1180. The molecular weight excluding hydrogens is 390 g/mol. The van der Waals surface area contributed by atoms with Gasteiger partial charge in [0.05, 0.1) is 4.92 Å². The molecule has 0 bridgehead atoms. The van der Waals surface area contributed by atoms with Crippen molar-refractivity contribution in [2.45, 2.75) is 0 Å². The minimum absolute atomic E-state index is 0.128. The number of rotatable bonds is 6. The van der Waals surface area contributed by atoms with Crippen molar-refractivity contribution in [2.75, 3.05) is 5.32 Å². The monoisotopic (exact) mass is 403 g/mol. The van der Waals surface area contributed by atoms with Gasteiger partial charge in [-0.15, -0.1) is 0 Å². The van der Waals surface area contributed by atoms with E-state index in [-0.39, 0.29) is 22.9 Å². The van der Waals surface area contributed by atoms with E-state index in [1.165, 1.54) is 35.5 Å². The summed E-state index contributed by atoms with van der Waals surface area (Å²) in [5, 5.41) is 18.0. The molecule has 2 aromatic heterocycles.